The highest BCUT2D eigenvalue weighted by Gasteiger charge is 2.28. The number of methoxy groups -OCH3 is 1. The van der Waals surface area contributed by atoms with Gasteiger partial charge in [0.25, 0.3) is 0 Å². The lowest BCUT2D eigenvalue weighted by Gasteiger charge is -2.34. The largest absolute Gasteiger partial charge is 0.469 e. The van der Waals surface area contributed by atoms with E-state index in [0.29, 0.717) is 19.4 Å². The SMILES string of the molecule is COC(=O)CC[C@@H]1CCCCN1C(=O)OCc1ccccc1. The predicted molar refractivity (Wildman–Crippen MR) is 82.2 cm³/mol. The molecule has 1 atom stereocenters. The Morgan fingerprint density at radius 3 is 2.73 bits per heavy atom. The highest BCUT2D eigenvalue weighted by atomic mass is 16.6. The number of carbonyl (C=O) groups excluding carboxylic acids is 2. The monoisotopic (exact) mass is 305 g/mol. The van der Waals surface area contributed by atoms with Crippen LogP contribution in [0.5, 0.6) is 0 Å². The van der Waals surface area contributed by atoms with Crippen molar-refractivity contribution in [3.8, 4) is 0 Å². The lowest BCUT2D eigenvalue weighted by Crippen LogP contribution is -2.44. The van der Waals surface area contributed by atoms with Crippen LogP contribution >= 0.6 is 0 Å². The minimum Gasteiger partial charge on any atom is -0.469 e. The van der Waals surface area contributed by atoms with Crippen LogP contribution in [0.15, 0.2) is 30.3 Å². The maximum atomic E-state index is 12.3. The van der Waals surface area contributed by atoms with E-state index in [0.717, 1.165) is 24.8 Å². The number of benzene rings is 1. The van der Waals surface area contributed by atoms with Gasteiger partial charge in [-0.3, -0.25) is 4.79 Å². The van der Waals surface area contributed by atoms with Crippen LogP contribution in [0.4, 0.5) is 4.79 Å². The fourth-order valence-corrected chi connectivity index (χ4v) is 2.73. The van der Waals surface area contributed by atoms with Crippen molar-refractivity contribution in [3.05, 3.63) is 35.9 Å². The Hall–Kier alpha value is -2.04. The number of amides is 1. The molecular formula is C17H23NO4. The zero-order valence-electron chi connectivity index (χ0n) is 13.0. The maximum Gasteiger partial charge on any atom is 0.410 e. The van der Waals surface area contributed by atoms with Gasteiger partial charge in [0, 0.05) is 19.0 Å². The van der Waals surface area contributed by atoms with Gasteiger partial charge in [0.2, 0.25) is 0 Å². The summed E-state index contributed by atoms with van der Waals surface area (Å²) in [5.41, 5.74) is 0.971. The minimum absolute atomic E-state index is 0.0659. The molecule has 0 radical (unpaired) electrons. The smallest absolute Gasteiger partial charge is 0.410 e. The number of esters is 1. The predicted octanol–water partition coefficient (Wildman–Crippen LogP) is 3.13. The lowest BCUT2D eigenvalue weighted by molar-refractivity contribution is -0.141. The summed E-state index contributed by atoms with van der Waals surface area (Å²) in [6.07, 6.45) is 3.65. The summed E-state index contributed by atoms with van der Waals surface area (Å²) in [5, 5.41) is 0. The van der Waals surface area contributed by atoms with Crippen molar-refractivity contribution in [2.45, 2.75) is 44.8 Å². The Kier molecular flexibility index (Phi) is 6.25. The minimum atomic E-state index is -0.293. The Bertz CT molecular complexity index is 489. The molecule has 0 spiro atoms. The van der Waals surface area contributed by atoms with Gasteiger partial charge in [-0.05, 0) is 31.2 Å². The normalized spacial score (nSPS) is 17.9. The van der Waals surface area contributed by atoms with Crippen molar-refractivity contribution in [1.82, 2.24) is 4.90 Å². The number of rotatable bonds is 5. The first kappa shape index (κ1) is 16.3. The molecule has 0 saturated carbocycles. The van der Waals surface area contributed by atoms with E-state index in [-0.39, 0.29) is 24.7 Å². The quantitative estimate of drug-likeness (QED) is 0.784. The second-order valence-corrected chi connectivity index (χ2v) is 5.50. The number of hydrogen-bond donors (Lipinski definition) is 0. The van der Waals surface area contributed by atoms with Crippen molar-refractivity contribution in [2.75, 3.05) is 13.7 Å². The molecule has 22 heavy (non-hydrogen) atoms. The van der Waals surface area contributed by atoms with Crippen LogP contribution in [0, 0.1) is 0 Å². The van der Waals surface area contributed by atoms with Crippen molar-refractivity contribution in [2.24, 2.45) is 0 Å². The molecular weight excluding hydrogens is 282 g/mol. The van der Waals surface area contributed by atoms with Crippen molar-refractivity contribution < 1.29 is 19.1 Å². The third kappa shape index (κ3) is 4.76. The molecule has 1 aliphatic heterocycles. The van der Waals surface area contributed by atoms with Crippen LogP contribution in [0.1, 0.15) is 37.7 Å². The third-order valence-corrected chi connectivity index (χ3v) is 3.98. The highest BCUT2D eigenvalue weighted by Crippen LogP contribution is 2.22. The zero-order chi connectivity index (χ0) is 15.8. The summed E-state index contributed by atoms with van der Waals surface area (Å²) >= 11 is 0. The number of piperidine rings is 1. The van der Waals surface area contributed by atoms with Gasteiger partial charge in [0.1, 0.15) is 6.61 Å². The maximum absolute atomic E-state index is 12.3. The summed E-state index contributed by atoms with van der Waals surface area (Å²) in [7, 11) is 1.38. The molecule has 120 valence electrons. The van der Waals surface area contributed by atoms with Gasteiger partial charge in [-0.2, -0.15) is 0 Å². The summed E-state index contributed by atoms with van der Waals surface area (Å²) in [6, 6.07) is 9.69. The molecule has 0 N–H and O–H groups in total. The van der Waals surface area contributed by atoms with Crippen LogP contribution in [0.3, 0.4) is 0 Å². The molecule has 0 aromatic heterocycles. The van der Waals surface area contributed by atoms with Gasteiger partial charge in [-0.15, -0.1) is 0 Å². The summed E-state index contributed by atoms with van der Waals surface area (Å²) in [6.45, 7) is 0.972. The van der Waals surface area contributed by atoms with Gasteiger partial charge < -0.3 is 14.4 Å². The van der Waals surface area contributed by atoms with Crippen molar-refractivity contribution >= 4 is 12.1 Å². The molecule has 0 aliphatic carbocycles. The topological polar surface area (TPSA) is 55.8 Å². The first-order chi connectivity index (χ1) is 10.7. The van der Waals surface area contributed by atoms with Crippen LogP contribution in [0.2, 0.25) is 0 Å². The average molecular weight is 305 g/mol. The molecule has 5 heteroatoms. The summed E-state index contributed by atoms with van der Waals surface area (Å²) < 4.78 is 10.1. The summed E-state index contributed by atoms with van der Waals surface area (Å²) in [5.74, 6) is -0.233. The second kappa shape index (κ2) is 8.41. The number of nitrogens with zero attached hydrogens (tertiary/aromatic N) is 1. The Morgan fingerprint density at radius 1 is 1.23 bits per heavy atom. The lowest BCUT2D eigenvalue weighted by atomic mass is 9.98. The van der Waals surface area contributed by atoms with E-state index in [1.807, 2.05) is 30.3 Å². The van der Waals surface area contributed by atoms with Gasteiger partial charge >= 0.3 is 12.1 Å². The molecule has 1 saturated heterocycles. The van der Waals surface area contributed by atoms with Crippen LogP contribution < -0.4 is 0 Å². The molecule has 1 aliphatic rings. The van der Waals surface area contributed by atoms with E-state index < -0.39 is 0 Å². The van der Waals surface area contributed by atoms with E-state index in [2.05, 4.69) is 4.74 Å². The fourth-order valence-electron chi connectivity index (χ4n) is 2.73. The number of carbonyl (C=O) groups is 2. The van der Waals surface area contributed by atoms with Gasteiger partial charge in [-0.1, -0.05) is 30.3 Å². The van der Waals surface area contributed by atoms with Crippen molar-refractivity contribution in [1.29, 1.82) is 0 Å². The average Bonchev–Trinajstić information content (AvgIpc) is 2.58. The number of likely N-dealkylation sites (tertiary alicyclic amines) is 1. The van der Waals surface area contributed by atoms with Gasteiger partial charge in [0.05, 0.1) is 7.11 Å². The molecule has 1 aromatic carbocycles. The Balaban J connectivity index is 1.86. The van der Waals surface area contributed by atoms with E-state index in [4.69, 9.17) is 4.74 Å². The zero-order valence-corrected chi connectivity index (χ0v) is 13.0. The van der Waals surface area contributed by atoms with Crippen molar-refractivity contribution in [3.63, 3.8) is 0 Å². The highest BCUT2D eigenvalue weighted by molar-refractivity contribution is 5.70. The molecule has 1 aromatic rings. The summed E-state index contributed by atoms with van der Waals surface area (Å²) in [4.78, 5) is 25.3. The molecule has 1 amide bonds. The Morgan fingerprint density at radius 2 is 2.00 bits per heavy atom. The number of hydrogen-bond acceptors (Lipinski definition) is 4. The molecule has 5 nitrogen and oxygen atoms in total. The molecule has 2 rings (SSSR count). The molecule has 1 fully saturated rings. The van der Waals surface area contributed by atoms with E-state index in [1.165, 1.54) is 7.11 Å². The fraction of sp³-hybridized carbons (Fsp3) is 0.529. The first-order valence-corrected chi connectivity index (χ1v) is 7.75. The van der Waals surface area contributed by atoms with Crippen LogP contribution in [-0.2, 0) is 20.9 Å². The van der Waals surface area contributed by atoms with E-state index in [1.54, 1.807) is 4.90 Å². The van der Waals surface area contributed by atoms with Gasteiger partial charge in [-0.25, -0.2) is 4.79 Å². The standard InChI is InChI=1S/C17H23NO4/c1-21-16(19)11-10-15-9-5-6-12-18(15)17(20)22-13-14-7-3-2-4-8-14/h2-4,7-8,15H,5-6,9-13H2,1H3/t15-/m0/s1. The van der Waals surface area contributed by atoms with E-state index in [9.17, 15) is 9.59 Å². The van der Waals surface area contributed by atoms with Crippen LogP contribution in [0.25, 0.3) is 0 Å². The second-order valence-electron chi connectivity index (χ2n) is 5.50. The molecule has 0 bridgehead atoms. The van der Waals surface area contributed by atoms with Gasteiger partial charge in [0.15, 0.2) is 0 Å². The first-order valence-electron chi connectivity index (χ1n) is 7.75. The number of ether oxygens (including phenoxy) is 2. The van der Waals surface area contributed by atoms with E-state index >= 15 is 0 Å². The van der Waals surface area contributed by atoms with Crippen LogP contribution in [-0.4, -0.2) is 36.7 Å². The molecule has 0 unspecified atom stereocenters. The Labute approximate surface area is 131 Å². The third-order valence-electron chi connectivity index (χ3n) is 3.98. The molecule has 1 heterocycles.